The normalized spacial score (nSPS) is 29.8. The zero-order valence-electron chi connectivity index (χ0n) is 19.3. The lowest BCUT2D eigenvalue weighted by Gasteiger charge is -2.53. The molecule has 1 aromatic rings. The maximum Gasteiger partial charge on any atom is 0.311 e. The molecule has 0 aromatic heterocycles. The fourth-order valence-electron chi connectivity index (χ4n) is 5.89. The summed E-state index contributed by atoms with van der Waals surface area (Å²) in [5.74, 6) is -0.0931. The molecule has 3 rings (SSSR count). The molecule has 0 amide bonds. The number of hydrogen-bond acceptors (Lipinski definition) is 4. The lowest BCUT2D eigenvalue weighted by molar-refractivity contribution is -0.160. The van der Waals surface area contributed by atoms with Gasteiger partial charge in [0, 0.05) is 12.0 Å². The van der Waals surface area contributed by atoms with Gasteiger partial charge in [0.2, 0.25) is 0 Å². The number of carbonyl (C=O) groups is 2. The number of rotatable bonds is 4. The van der Waals surface area contributed by atoms with Crippen molar-refractivity contribution in [2.24, 2.45) is 11.3 Å². The van der Waals surface area contributed by atoms with E-state index >= 15 is 0 Å². The van der Waals surface area contributed by atoms with Crippen molar-refractivity contribution >= 4 is 20.1 Å². The number of hydrogen-bond donors (Lipinski definition) is 0. The average molecular weight is 417 g/mol. The summed E-state index contributed by atoms with van der Waals surface area (Å²) in [5, 5.41) is 0. The zero-order valence-corrected chi connectivity index (χ0v) is 20.3. The van der Waals surface area contributed by atoms with Crippen LogP contribution >= 0.6 is 0 Å². The average Bonchev–Trinajstić information content (AvgIpc) is 2.61. The molecule has 4 nitrogen and oxygen atoms in total. The van der Waals surface area contributed by atoms with Crippen molar-refractivity contribution in [2.45, 2.75) is 84.0 Å². The van der Waals surface area contributed by atoms with E-state index in [2.05, 4.69) is 52.5 Å². The third-order valence-corrected chi connectivity index (χ3v) is 8.29. The molecule has 3 atom stereocenters. The van der Waals surface area contributed by atoms with E-state index in [1.54, 1.807) is 0 Å². The molecule has 0 bridgehead atoms. The van der Waals surface area contributed by atoms with Crippen LogP contribution in [0, 0.1) is 11.3 Å². The van der Waals surface area contributed by atoms with E-state index in [0.29, 0.717) is 6.42 Å². The molecule has 0 spiro atoms. The fourth-order valence-corrected chi connectivity index (χ4v) is 7.54. The van der Waals surface area contributed by atoms with Crippen molar-refractivity contribution in [3.05, 3.63) is 34.9 Å². The Bertz CT molecular complexity index is 838. The van der Waals surface area contributed by atoms with Gasteiger partial charge in [0.05, 0.1) is 18.1 Å². The molecule has 2 aliphatic rings. The first kappa shape index (κ1) is 22.2. The molecule has 0 heterocycles. The van der Waals surface area contributed by atoms with Crippen LogP contribution in [-0.2, 0) is 25.0 Å². The summed E-state index contributed by atoms with van der Waals surface area (Å²) >= 11 is 0. The first-order chi connectivity index (χ1) is 13.2. The Kier molecular flexibility index (Phi) is 5.41. The Balaban J connectivity index is 2.07. The van der Waals surface area contributed by atoms with Crippen molar-refractivity contribution in [3.8, 4) is 0 Å². The number of ether oxygens (including phenoxy) is 1. The second-order valence-corrected chi connectivity index (χ2v) is 15.3. The molecule has 1 saturated carbocycles. The number of ketones is 1. The third kappa shape index (κ3) is 3.72. The van der Waals surface area contributed by atoms with Crippen LogP contribution in [0.2, 0.25) is 19.6 Å². The van der Waals surface area contributed by atoms with Crippen LogP contribution in [0.4, 0.5) is 0 Å². The molecule has 0 N–H and O–H groups in total. The minimum Gasteiger partial charge on any atom is -0.469 e. The van der Waals surface area contributed by atoms with Gasteiger partial charge in [0.25, 0.3) is 0 Å². The number of benzene rings is 1. The van der Waals surface area contributed by atoms with Gasteiger partial charge in [-0.05, 0) is 81.8 Å². The van der Waals surface area contributed by atoms with Crippen molar-refractivity contribution in [1.82, 2.24) is 0 Å². The summed E-state index contributed by atoms with van der Waals surface area (Å²) in [6.07, 6.45) is 3.11. The molecule has 160 valence electrons. The van der Waals surface area contributed by atoms with Crippen molar-refractivity contribution in [1.29, 1.82) is 0 Å². The van der Waals surface area contributed by atoms with Crippen molar-refractivity contribution < 1.29 is 18.8 Å². The molecular weight excluding hydrogens is 380 g/mol. The topological polar surface area (TPSA) is 52.6 Å². The highest BCUT2D eigenvalue weighted by atomic mass is 28.4. The summed E-state index contributed by atoms with van der Waals surface area (Å²) in [5.41, 5.74) is 1.68. The molecule has 5 heteroatoms. The van der Waals surface area contributed by atoms with E-state index in [-0.39, 0.29) is 23.1 Å². The van der Waals surface area contributed by atoms with Gasteiger partial charge in [0.15, 0.2) is 14.1 Å². The minimum absolute atomic E-state index is 0.0340. The van der Waals surface area contributed by atoms with E-state index < -0.39 is 19.3 Å². The van der Waals surface area contributed by atoms with Crippen LogP contribution in [0.3, 0.4) is 0 Å². The van der Waals surface area contributed by atoms with Crippen LogP contribution in [0.15, 0.2) is 18.2 Å². The quantitative estimate of drug-likeness (QED) is 0.474. The molecule has 0 aliphatic heterocycles. The Morgan fingerprint density at radius 1 is 1.17 bits per heavy atom. The summed E-state index contributed by atoms with van der Waals surface area (Å²) in [6.45, 7) is 14.9. The Morgan fingerprint density at radius 3 is 2.41 bits per heavy atom. The predicted octanol–water partition coefficient (Wildman–Crippen LogP) is 5.60. The number of esters is 1. The molecule has 2 aliphatic carbocycles. The number of fused-ring (bicyclic) bond motifs is 3. The maximum absolute atomic E-state index is 13.3. The largest absolute Gasteiger partial charge is 0.469 e. The molecule has 1 aromatic carbocycles. The number of carbonyl (C=O) groups excluding carboxylic acids is 2. The summed E-state index contributed by atoms with van der Waals surface area (Å²) < 4.78 is 11.6. The van der Waals surface area contributed by atoms with Crippen LogP contribution in [0.1, 0.15) is 74.9 Å². The summed E-state index contributed by atoms with van der Waals surface area (Å²) in [6, 6.07) is 6.28. The molecule has 3 unspecified atom stereocenters. The van der Waals surface area contributed by atoms with E-state index in [1.807, 2.05) is 13.0 Å². The Hall–Kier alpha value is -1.46. The molecular formula is C24H36O4Si. The molecule has 0 radical (unpaired) electrons. The molecule has 0 saturated heterocycles. The second-order valence-electron chi connectivity index (χ2n) is 10.8. The van der Waals surface area contributed by atoms with E-state index in [4.69, 9.17) is 9.16 Å². The first-order valence-corrected chi connectivity index (χ1v) is 14.1. The van der Waals surface area contributed by atoms with Crippen molar-refractivity contribution in [2.75, 3.05) is 7.11 Å². The van der Waals surface area contributed by atoms with Crippen LogP contribution in [0.25, 0.3) is 0 Å². The summed E-state index contributed by atoms with van der Waals surface area (Å²) in [7, 11) is -0.294. The van der Waals surface area contributed by atoms with Gasteiger partial charge in [-0.1, -0.05) is 25.5 Å². The molecule has 1 fully saturated rings. The van der Waals surface area contributed by atoms with Crippen LogP contribution in [0.5, 0.6) is 0 Å². The van der Waals surface area contributed by atoms with Gasteiger partial charge in [-0.3, -0.25) is 9.59 Å². The minimum atomic E-state index is -1.74. The van der Waals surface area contributed by atoms with Gasteiger partial charge < -0.3 is 9.16 Å². The van der Waals surface area contributed by atoms with Crippen LogP contribution < -0.4 is 0 Å². The monoisotopic (exact) mass is 416 g/mol. The highest BCUT2D eigenvalue weighted by molar-refractivity contribution is 6.69. The lowest BCUT2D eigenvalue weighted by Crippen LogP contribution is -2.53. The van der Waals surface area contributed by atoms with E-state index in [0.717, 1.165) is 36.0 Å². The second kappa shape index (κ2) is 7.05. The van der Waals surface area contributed by atoms with Gasteiger partial charge in [-0.2, -0.15) is 0 Å². The first-order valence-electron chi connectivity index (χ1n) is 10.7. The predicted molar refractivity (Wildman–Crippen MR) is 118 cm³/mol. The Labute approximate surface area is 176 Å². The van der Waals surface area contributed by atoms with Gasteiger partial charge in [-0.25, -0.2) is 0 Å². The van der Waals surface area contributed by atoms with E-state index in [1.165, 1.54) is 7.11 Å². The van der Waals surface area contributed by atoms with E-state index in [9.17, 15) is 9.59 Å². The fraction of sp³-hybridized carbons (Fsp3) is 0.667. The highest BCUT2D eigenvalue weighted by Gasteiger charge is 2.57. The highest BCUT2D eigenvalue weighted by Crippen LogP contribution is 2.57. The van der Waals surface area contributed by atoms with Gasteiger partial charge >= 0.3 is 5.97 Å². The lowest BCUT2D eigenvalue weighted by atomic mass is 9.49. The van der Waals surface area contributed by atoms with Crippen LogP contribution in [-0.4, -0.2) is 27.2 Å². The maximum atomic E-state index is 13.3. The summed E-state index contributed by atoms with van der Waals surface area (Å²) in [4.78, 5) is 25.9. The zero-order chi connectivity index (χ0) is 21.8. The number of methoxy groups -OCH3 is 1. The third-order valence-electron chi connectivity index (χ3n) is 7.16. The van der Waals surface area contributed by atoms with Crippen molar-refractivity contribution in [3.63, 3.8) is 0 Å². The SMILES string of the molecule is COC(=O)C1(C)CCCC2(C)c3ccc(C(C)(C)O[Si](C)(C)C)cc3C(=O)CC12. The number of Topliss-reactive ketones (excluding diaryl/α,β-unsaturated/α-hetero) is 1. The van der Waals surface area contributed by atoms with Gasteiger partial charge in [0.1, 0.15) is 0 Å². The standard InChI is InChI=1S/C24H36O4Si/c1-22(2,28-29(6,7)8)16-10-11-18-17(14-16)19(25)15-20-23(18,3)12-9-13-24(20,4)21(26)27-5/h10-11,14,20H,9,12-13,15H2,1-8H3. The van der Waals surface area contributed by atoms with Gasteiger partial charge in [-0.15, -0.1) is 0 Å². The Morgan fingerprint density at radius 2 is 1.83 bits per heavy atom. The molecule has 29 heavy (non-hydrogen) atoms. The smallest absolute Gasteiger partial charge is 0.311 e.